The Kier molecular flexibility index (Phi) is 10.1. The molecule has 0 aliphatic heterocycles. The van der Waals surface area contributed by atoms with E-state index in [0.717, 1.165) is 25.0 Å². The molecule has 0 spiro atoms. The Bertz CT molecular complexity index is 342. The Morgan fingerprint density at radius 3 is 2.10 bits per heavy atom. The molecule has 0 aliphatic carbocycles. The molecule has 0 amide bonds. The predicted molar refractivity (Wildman–Crippen MR) is 83.4 cm³/mol. The summed E-state index contributed by atoms with van der Waals surface area (Å²) in [4.78, 5) is 0. The average molecular weight is 296 g/mol. The van der Waals surface area contributed by atoms with Gasteiger partial charge in [-0.25, -0.2) is 0 Å². The largest absolute Gasteiger partial charge is 0.379 e. The van der Waals surface area contributed by atoms with E-state index >= 15 is 0 Å². The molecule has 4 nitrogen and oxygen atoms in total. The van der Waals surface area contributed by atoms with Crippen molar-refractivity contribution >= 4 is 0 Å². The van der Waals surface area contributed by atoms with E-state index in [-0.39, 0.29) is 12.2 Å². The summed E-state index contributed by atoms with van der Waals surface area (Å²) in [6.07, 6.45) is 1.97. The summed E-state index contributed by atoms with van der Waals surface area (Å²) in [6, 6.07) is 10.1. The van der Waals surface area contributed by atoms with Crippen molar-refractivity contribution in [3.05, 3.63) is 35.9 Å². The van der Waals surface area contributed by atoms with Crippen LogP contribution >= 0.6 is 0 Å². The van der Waals surface area contributed by atoms with Gasteiger partial charge in [-0.15, -0.1) is 0 Å². The van der Waals surface area contributed by atoms with E-state index in [1.807, 2.05) is 30.3 Å². The highest BCUT2D eigenvalue weighted by Crippen LogP contribution is 2.07. The van der Waals surface area contributed by atoms with Crippen molar-refractivity contribution in [1.82, 2.24) is 0 Å². The van der Waals surface area contributed by atoms with E-state index in [1.54, 1.807) is 14.2 Å². The quantitative estimate of drug-likeness (QED) is 0.556. The molecule has 1 aromatic rings. The number of hydrogen-bond donors (Lipinski definition) is 0. The van der Waals surface area contributed by atoms with E-state index in [2.05, 4.69) is 6.92 Å². The minimum Gasteiger partial charge on any atom is -0.379 e. The van der Waals surface area contributed by atoms with Crippen molar-refractivity contribution in [2.24, 2.45) is 0 Å². The van der Waals surface area contributed by atoms with Crippen LogP contribution in [0, 0.1) is 0 Å². The average Bonchev–Trinajstić information content (AvgIpc) is 2.53. The van der Waals surface area contributed by atoms with Crippen LogP contribution < -0.4 is 0 Å². The molecule has 0 radical (unpaired) electrons. The lowest BCUT2D eigenvalue weighted by molar-refractivity contribution is -0.104. The molecule has 0 bridgehead atoms. The summed E-state index contributed by atoms with van der Waals surface area (Å²) in [7, 11) is 3.35. The van der Waals surface area contributed by atoms with Gasteiger partial charge in [0.2, 0.25) is 0 Å². The van der Waals surface area contributed by atoms with Crippen molar-refractivity contribution in [3.8, 4) is 0 Å². The van der Waals surface area contributed by atoms with Crippen molar-refractivity contribution in [3.63, 3.8) is 0 Å². The standard InChI is InChI=1S/C17H28O4/c1-4-5-11-20-13-16(18-2)17(19-3)14-21-12-15-9-7-6-8-10-15/h6-10,16-17H,4-5,11-14H2,1-3H3/t16-,17-/m0/s1. The fourth-order valence-corrected chi connectivity index (χ4v) is 1.97. The minimum atomic E-state index is -0.125. The molecule has 0 N–H and O–H groups in total. The van der Waals surface area contributed by atoms with Gasteiger partial charge in [0.25, 0.3) is 0 Å². The zero-order valence-electron chi connectivity index (χ0n) is 13.4. The number of rotatable bonds is 12. The van der Waals surface area contributed by atoms with Gasteiger partial charge in [-0.1, -0.05) is 43.7 Å². The molecule has 0 aromatic heterocycles. The van der Waals surface area contributed by atoms with Gasteiger partial charge < -0.3 is 18.9 Å². The normalized spacial score (nSPS) is 14.0. The van der Waals surface area contributed by atoms with Crippen LogP contribution in [0.4, 0.5) is 0 Å². The lowest BCUT2D eigenvalue weighted by atomic mass is 10.2. The van der Waals surface area contributed by atoms with Gasteiger partial charge in [-0.3, -0.25) is 0 Å². The molecule has 0 unspecified atom stereocenters. The maximum absolute atomic E-state index is 5.72. The molecule has 0 heterocycles. The molecular weight excluding hydrogens is 268 g/mol. The third-order valence-corrected chi connectivity index (χ3v) is 3.34. The highest BCUT2D eigenvalue weighted by molar-refractivity contribution is 5.13. The summed E-state index contributed by atoms with van der Waals surface area (Å²) in [5, 5.41) is 0. The Hall–Kier alpha value is -0.940. The molecule has 21 heavy (non-hydrogen) atoms. The Morgan fingerprint density at radius 2 is 1.52 bits per heavy atom. The Morgan fingerprint density at radius 1 is 0.905 bits per heavy atom. The molecule has 1 rings (SSSR count). The first-order valence-electron chi connectivity index (χ1n) is 7.56. The second-order valence-electron chi connectivity index (χ2n) is 4.98. The molecule has 0 saturated carbocycles. The molecule has 0 fully saturated rings. The van der Waals surface area contributed by atoms with Crippen molar-refractivity contribution < 1.29 is 18.9 Å². The number of hydrogen-bond acceptors (Lipinski definition) is 4. The van der Waals surface area contributed by atoms with Gasteiger partial charge in [-0.2, -0.15) is 0 Å². The van der Waals surface area contributed by atoms with Crippen LogP contribution in [0.1, 0.15) is 25.3 Å². The first-order chi connectivity index (χ1) is 10.3. The third kappa shape index (κ3) is 7.58. The topological polar surface area (TPSA) is 36.9 Å². The third-order valence-electron chi connectivity index (χ3n) is 3.34. The summed E-state index contributed by atoms with van der Waals surface area (Å²) in [6.45, 7) is 4.50. The van der Waals surface area contributed by atoms with E-state index < -0.39 is 0 Å². The van der Waals surface area contributed by atoms with Crippen molar-refractivity contribution in [2.75, 3.05) is 34.0 Å². The fraction of sp³-hybridized carbons (Fsp3) is 0.647. The number of unbranched alkanes of at least 4 members (excludes halogenated alkanes) is 1. The maximum atomic E-state index is 5.72. The smallest absolute Gasteiger partial charge is 0.109 e. The monoisotopic (exact) mass is 296 g/mol. The van der Waals surface area contributed by atoms with Gasteiger partial charge in [0, 0.05) is 20.8 Å². The highest BCUT2D eigenvalue weighted by atomic mass is 16.6. The fourth-order valence-electron chi connectivity index (χ4n) is 1.97. The summed E-state index contributed by atoms with van der Waals surface area (Å²) in [5.41, 5.74) is 1.15. The van der Waals surface area contributed by atoms with E-state index in [4.69, 9.17) is 18.9 Å². The molecule has 4 heteroatoms. The van der Waals surface area contributed by atoms with Gasteiger partial charge in [0.1, 0.15) is 12.2 Å². The number of benzene rings is 1. The number of ether oxygens (including phenoxy) is 4. The summed E-state index contributed by atoms with van der Waals surface area (Å²) in [5.74, 6) is 0. The molecule has 0 aliphatic rings. The van der Waals surface area contributed by atoms with Crippen LogP contribution in [-0.4, -0.2) is 46.2 Å². The van der Waals surface area contributed by atoms with E-state index in [1.165, 1.54) is 0 Å². The van der Waals surface area contributed by atoms with Gasteiger partial charge >= 0.3 is 0 Å². The van der Waals surface area contributed by atoms with Crippen LogP contribution in [0.2, 0.25) is 0 Å². The Balaban J connectivity index is 2.30. The van der Waals surface area contributed by atoms with Gasteiger partial charge in [0.15, 0.2) is 0 Å². The summed E-state index contributed by atoms with van der Waals surface area (Å²) < 4.78 is 22.3. The molecule has 0 saturated heterocycles. The zero-order chi connectivity index (χ0) is 15.3. The van der Waals surface area contributed by atoms with Crippen LogP contribution in [0.3, 0.4) is 0 Å². The molecule has 120 valence electrons. The van der Waals surface area contributed by atoms with Gasteiger partial charge in [-0.05, 0) is 12.0 Å². The molecule has 2 atom stereocenters. The van der Waals surface area contributed by atoms with Crippen LogP contribution in [0.15, 0.2) is 30.3 Å². The lowest BCUT2D eigenvalue weighted by Gasteiger charge is -2.24. The van der Waals surface area contributed by atoms with Crippen molar-refractivity contribution in [1.29, 1.82) is 0 Å². The second kappa shape index (κ2) is 11.7. The van der Waals surface area contributed by atoms with Crippen molar-refractivity contribution in [2.45, 2.75) is 38.6 Å². The first-order valence-corrected chi connectivity index (χ1v) is 7.56. The first kappa shape index (κ1) is 18.1. The molecular formula is C17H28O4. The molecule has 1 aromatic carbocycles. The SMILES string of the molecule is CCCCOC[C@H](OC)[C@H](COCc1ccccc1)OC. The summed E-state index contributed by atoms with van der Waals surface area (Å²) >= 11 is 0. The number of methoxy groups -OCH3 is 2. The van der Waals surface area contributed by atoms with Gasteiger partial charge in [0.05, 0.1) is 19.8 Å². The Labute approximate surface area is 128 Å². The lowest BCUT2D eigenvalue weighted by Crippen LogP contribution is -2.37. The van der Waals surface area contributed by atoms with E-state index in [0.29, 0.717) is 19.8 Å². The van der Waals surface area contributed by atoms with Crippen LogP contribution in [0.25, 0.3) is 0 Å². The predicted octanol–water partition coefficient (Wildman–Crippen LogP) is 3.05. The maximum Gasteiger partial charge on any atom is 0.109 e. The minimum absolute atomic E-state index is 0.109. The second-order valence-corrected chi connectivity index (χ2v) is 4.98. The van der Waals surface area contributed by atoms with E-state index in [9.17, 15) is 0 Å². The zero-order valence-corrected chi connectivity index (χ0v) is 13.4. The van der Waals surface area contributed by atoms with Crippen LogP contribution in [0.5, 0.6) is 0 Å². The van der Waals surface area contributed by atoms with Crippen LogP contribution in [-0.2, 0) is 25.6 Å². The highest BCUT2D eigenvalue weighted by Gasteiger charge is 2.21.